The second-order valence-electron chi connectivity index (χ2n) is 12.5. The van der Waals surface area contributed by atoms with Crippen LogP contribution >= 0.6 is 0 Å². The number of carbonyl (C=O) groups is 3. The Kier molecular flexibility index (Phi) is 6.21. The summed E-state index contributed by atoms with van der Waals surface area (Å²) in [5.74, 6) is 1.54. The third-order valence-electron chi connectivity index (χ3n) is 9.17. The highest BCUT2D eigenvalue weighted by Gasteiger charge is 2.51. The van der Waals surface area contributed by atoms with E-state index in [1.54, 1.807) is 0 Å². The monoisotopic (exact) mass is 552 g/mol. The van der Waals surface area contributed by atoms with E-state index in [1.165, 1.54) is 0 Å². The summed E-state index contributed by atoms with van der Waals surface area (Å²) in [6, 6.07) is 14.5. The number of aromatic amines is 1. The predicted molar refractivity (Wildman–Crippen MR) is 156 cm³/mol. The standard InChI is InChI=1S/C32H36N6O3/c1-20(2)29(39)36-13-11-32(12-14-36)31(41)38(19-21-17-37(18-21)30(40)24-7-8-24)28(34-32)23-5-3-22(4-6-23)25-9-10-27-26(15-25)16-33-35-27/h3-6,9-10,15-16,20-21,24H,7-8,11-14,17-19H2,1-2H3,(H,33,35). The van der Waals surface area contributed by atoms with Crippen LogP contribution in [0.3, 0.4) is 0 Å². The highest BCUT2D eigenvalue weighted by atomic mass is 16.2. The molecular formula is C32H36N6O3. The first-order chi connectivity index (χ1) is 19.8. The molecule has 0 bridgehead atoms. The molecule has 3 fully saturated rings. The van der Waals surface area contributed by atoms with Crippen LogP contribution in [0.1, 0.15) is 45.1 Å². The van der Waals surface area contributed by atoms with Crippen LogP contribution < -0.4 is 0 Å². The Morgan fingerprint density at radius 1 is 0.976 bits per heavy atom. The quantitative estimate of drug-likeness (QED) is 0.504. The number of nitrogens with zero attached hydrogens (tertiary/aromatic N) is 5. The van der Waals surface area contributed by atoms with E-state index >= 15 is 0 Å². The molecule has 41 heavy (non-hydrogen) atoms. The van der Waals surface area contributed by atoms with Gasteiger partial charge in [0.2, 0.25) is 11.8 Å². The number of aromatic nitrogens is 2. The van der Waals surface area contributed by atoms with E-state index in [9.17, 15) is 14.4 Å². The third kappa shape index (κ3) is 4.61. The van der Waals surface area contributed by atoms with Gasteiger partial charge < -0.3 is 9.80 Å². The number of fused-ring (bicyclic) bond motifs is 1. The molecule has 9 nitrogen and oxygen atoms in total. The number of rotatable bonds is 6. The summed E-state index contributed by atoms with van der Waals surface area (Å²) in [5, 5.41) is 8.17. The molecule has 9 heteroatoms. The van der Waals surface area contributed by atoms with Crippen molar-refractivity contribution in [3.63, 3.8) is 0 Å². The molecule has 0 radical (unpaired) electrons. The first kappa shape index (κ1) is 25.9. The van der Waals surface area contributed by atoms with Gasteiger partial charge in [0.1, 0.15) is 11.4 Å². The van der Waals surface area contributed by atoms with Gasteiger partial charge in [0.05, 0.1) is 11.7 Å². The average molecular weight is 553 g/mol. The number of likely N-dealkylation sites (tertiary alicyclic amines) is 2. The Labute approximate surface area is 239 Å². The Bertz CT molecular complexity index is 1540. The van der Waals surface area contributed by atoms with E-state index in [-0.39, 0.29) is 35.5 Å². The molecule has 2 aromatic carbocycles. The molecule has 3 aromatic rings. The van der Waals surface area contributed by atoms with Gasteiger partial charge in [-0.3, -0.25) is 29.4 Å². The summed E-state index contributed by atoms with van der Waals surface area (Å²) in [6.45, 7) is 6.86. The highest BCUT2D eigenvalue weighted by molar-refractivity contribution is 6.15. The van der Waals surface area contributed by atoms with Gasteiger partial charge >= 0.3 is 0 Å². The molecular weight excluding hydrogens is 516 g/mol. The van der Waals surface area contributed by atoms with Crippen molar-refractivity contribution in [2.75, 3.05) is 32.7 Å². The summed E-state index contributed by atoms with van der Waals surface area (Å²) in [7, 11) is 0. The lowest BCUT2D eigenvalue weighted by atomic mass is 9.87. The van der Waals surface area contributed by atoms with E-state index in [0.717, 1.165) is 40.4 Å². The minimum atomic E-state index is -0.832. The Balaban J connectivity index is 1.14. The summed E-state index contributed by atoms with van der Waals surface area (Å²) in [5.41, 5.74) is 3.26. The van der Waals surface area contributed by atoms with E-state index in [0.29, 0.717) is 51.4 Å². The zero-order valence-electron chi connectivity index (χ0n) is 23.7. The lowest BCUT2D eigenvalue weighted by molar-refractivity contribution is -0.142. The number of hydrogen-bond acceptors (Lipinski definition) is 5. The van der Waals surface area contributed by atoms with Gasteiger partial charge in [0.15, 0.2) is 0 Å². The van der Waals surface area contributed by atoms with Gasteiger partial charge in [-0.25, -0.2) is 0 Å². The van der Waals surface area contributed by atoms with E-state index in [2.05, 4.69) is 34.5 Å². The molecule has 1 saturated carbocycles. The number of aliphatic imine (C=N–C) groups is 1. The first-order valence-electron chi connectivity index (χ1n) is 14.8. The van der Waals surface area contributed by atoms with E-state index < -0.39 is 5.54 Å². The second-order valence-corrected chi connectivity index (χ2v) is 12.5. The molecule has 2 saturated heterocycles. The maximum atomic E-state index is 14.1. The third-order valence-corrected chi connectivity index (χ3v) is 9.17. The highest BCUT2D eigenvalue weighted by Crippen LogP contribution is 2.38. The van der Waals surface area contributed by atoms with Crippen molar-refractivity contribution in [3.8, 4) is 11.1 Å². The summed E-state index contributed by atoms with van der Waals surface area (Å²) in [6.07, 6.45) is 4.90. The van der Waals surface area contributed by atoms with Crippen molar-refractivity contribution in [2.45, 2.75) is 45.1 Å². The van der Waals surface area contributed by atoms with Crippen molar-refractivity contribution in [2.24, 2.45) is 22.7 Å². The maximum Gasteiger partial charge on any atom is 0.256 e. The fraction of sp³-hybridized carbons (Fsp3) is 0.469. The van der Waals surface area contributed by atoms with E-state index in [1.807, 2.05) is 52.9 Å². The maximum absolute atomic E-state index is 14.1. The molecule has 212 valence electrons. The lowest BCUT2D eigenvalue weighted by Gasteiger charge is -2.42. The number of hydrogen-bond donors (Lipinski definition) is 1. The fourth-order valence-electron chi connectivity index (χ4n) is 6.48. The Morgan fingerprint density at radius 2 is 1.66 bits per heavy atom. The van der Waals surface area contributed by atoms with Crippen LogP contribution in [0.25, 0.3) is 22.0 Å². The summed E-state index contributed by atoms with van der Waals surface area (Å²) < 4.78 is 0. The normalized spacial score (nSPS) is 20.7. The van der Waals surface area contributed by atoms with Crippen LogP contribution in [0.5, 0.6) is 0 Å². The van der Waals surface area contributed by atoms with Crippen LogP contribution in [0.15, 0.2) is 53.7 Å². The van der Waals surface area contributed by atoms with Gasteiger partial charge in [0, 0.05) is 61.4 Å². The number of piperidine rings is 1. The zero-order chi connectivity index (χ0) is 28.3. The van der Waals surface area contributed by atoms with Gasteiger partial charge in [-0.1, -0.05) is 44.2 Å². The molecule has 7 rings (SSSR count). The van der Waals surface area contributed by atoms with Crippen LogP contribution in [0.4, 0.5) is 0 Å². The molecule has 4 heterocycles. The van der Waals surface area contributed by atoms with Crippen LogP contribution in [0, 0.1) is 17.8 Å². The number of carbonyl (C=O) groups excluding carboxylic acids is 3. The molecule has 1 N–H and O–H groups in total. The lowest BCUT2D eigenvalue weighted by Crippen LogP contribution is -2.57. The molecule has 1 aliphatic carbocycles. The molecule has 0 unspecified atom stereocenters. The van der Waals surface area contributed by atoms with Gasteiger partial charge in [-0.2, -0.15) is 5.10 Å². The van der Waals surface area contributed by atoms with Crippen molar-refractivity contribution >= 4 is 34.5 Å². The molecule has 0 atom stereocenters. The Hall–Kier alpha value is -4.01. The summed E-state index contributed by atoms with van der Waals surface area (Å²) in [4.78, 5) is 50.0. The fourth-order valence-corrected chi connectivity index (χ4v) is 6.48. The largest absolute Gasteiger partial charge is 0.342 e. The smallest absolute Gasteiger partial charge is 0.256 e. The topological polar surface area (TPSA) is 102 Å². The number of amidine groups is 1. The minimum absolute atomic E-state index is 0.0330. The van der Waals surface area contributed by atoms with Gasteiger partial charge in [-0.15, -0.1) is 0 Å². The Morgan fingerprint density at radius 3 is 2.34 bits per heavy atom. The molecule has 1 aromatic heterocycles. The molecule has 3 aliphatic heterocycles. The summed E-state index contributed by atoms with van der Waals surface area (Å²) >= 11 is 0. The first-order valence-corrected chi connectivity index (χ1v) is 14.8. The van der Waals surface area contributed by atoms with Crippen molar-refractivity contribution in [3.05, 3.63) is 54.2 Å². The van der Waals surface area contributed by atoms with Crippen LogP contribution in [-0.4, -0.2) is 86.7 Å². The number of nitrogens with one attached hydrogen (secondary N) is 1. The number of amides is 3. The predicted octanol–water partition coefficient (Wildman–Crippen LogP) is 3.70. The van der Waals surface area contributed by atoms with E-state index in [4.69, 9.17) is 4.99 Å². The van der Waals surface area contributed by atoms with Gasteiger partial charge in [0.25, 0.3) is 5.91 Å². The number of benzene rings is 2. The van der Waals surface area contributed by atoms with Gasteiger partial charge in [-0.05, 0) is 48.9 Å². The SMILES string of the molecule is CC(C)C(=O)N1CCC2(CC1)N=C(c1ccc(-c3ccc4[nH]ncc4c3)cc1)N(CC1CN(C(=O)C3CC3)C1)C2=O. The number of H-pyrrole nitrogens is 1. The molecule has 3 amide bonds. The van der Waals surface area contributed by atoms with Crippen molar-refractivity contribution in [1.29, 1.82) is 0 Å². The minimum Gasteiger partial charge on any atom is -0.342 e. The zero-order valence-corrected chi connectivity index (χ0v) is 23.7. The van der Waals surface area contributed by atoms with Crippen molar-refractivity contribution < 1.29 is 14.4 Å². The second kappa shape index (κ2) is 9.82. The van der Waals surface area contributed by atoms with Crippen LogP contribution in [0.2, 0.25) is 0 Å². The molecule has 1 spiro atoms. The average Bonchev–Trinajstić information content (AvgIpc) is 3.66. The van der Waals surface area contributed by atoms with Crippen LogP contribution in [-0.2, 0) is 14.4 Å². The van der Waals surface area contributed by atoms with Crippen molar-refractivity contribution in [1.82, 2.24) is 24.9 Å². The molecule has 4 aliphatic rings.